The molecule has 3 aromatic rings. The van der Waals surface area contributed by atoms with Gasteiger partial charge >= 0.3 is 0 Å². The van der Waals surface area contributed by atoms with Crippen molar-refractivity contribution < 1.29 is 4.79 Å². The zero-order chi connectivity index (χ0) is 16.2. The molecule has 0 aliphatic carbocycles. The van der Waals surface area contributed by atoms with E-state index in [1.54, 1.807) is 6.20 Å². The van der Waals surface area contributed by atoms with E-state index in [9.17, 15) is 4.79 Å². The number of hydrogen-bond acceptors (Lipinski definition) is 2. The summed E-state index contributed by atoms with van der Waals surface area (Å²) in [6.45, 7) is 2.02. The Bertz CT molecular complexity index is 810. The van der Waals surface area contributed by atoms with Crippen molar-refractivity contribution in [3.05, 3.63) is 76.5 Å². The van der Waals surface area contributed by atoms with Gasteiger partial charge in [0.05, 0.1) is 23.1 Å². The fraction of sp³-hybridized carbons (Fsp3) is 0.111. The van der Waals surface area contributed by atoms with Crippen molar-refractivity contribution in [2.24, 2.45) is 0 Å². The van der Waals surface area contributed by atoms with Crippen LogP contribution in [0, 0.1) is 0 Å². The summed E-state index contributed by atoms with van der Waals surface area (Å²) in [5.74, 6) is -0.147. The highest BCUT2D eigenvalue weighted by Crippen LogP contribution is 2.19. The number of amides is 1. The molecule has 5 heteroatoms. The largest absolute Gasteiger partial charge is 0.322 e. The summed E-state index contributed by atoms with van der Waals surface area (Å²) in [7, 11) is 0. The van der Waals surface area contributed by atoms with E-state index in [4.69, 9.17) is 0 Å². The second kappa shape index (κ2) is 6.79. The van der Waals surface area contributed by atoms with Gasteiger partial charge in [0.1, 0.15) is 0 Å². The highest BCUT2D eigenvalue weighted by atomic mass is 79.9. The van der Waals surface area contributed by atoms with Gasteiger partial charge in [0.2, 0.25) is 0 Å². The lowest BCUT2D eigenvalue weighted by atomic mass is 10.2. The molecule has 23 heavy (non-hydrogen) atoms. The fourth-order valence-corrected chi connectivity index (χ4v) is 2.69. The normalized spacial score (nSPS) is 10.5. The molecule has 0 saturated heterocycles. The number of benzene rings is 2. The molecule has 4 nitrogen and oxygen atoms in total. The van der Waals surface area contributed by atoms with Gasteiger partial charge in [-0.3, -0.25) is 4.79 Å². The second-order valence-electron chi connectivity index (χ2n) is 5.07. The monoisotopic (exact) mass is 369 g/mol. The zero-order valence-corrected chi connectivity index (χ0v) is 14.2. The Morgan fingerprint density at radius 3 is 2.48 bits per heavy atom. The molecule has 0 bridgehead atoms. The Morgan fingerprint density at radius 2 is 1.83 bits per heavy atom. The third-order valence-electron chi connectivity index (χ3n) is 3.55. The van der Waals surface area contributed by atoms with Crippen molar-refractivity contribution in [1.29, 1.82) is 0 Å². The molecule has 1 N–H and O–H groups in total. The molecular formula is C18H16BrN3O. The van der Waals surface area contributed by atoms with Gasteiger partial charge in [0.25, 0.3) is 5.91 Å². The molecule has 0 aliphatic heterocycles. The standard InChI is InChI=1S/C18H16BrN3O/c1-2-17-16(12-20-22(17)15-6-4-3-5-7-15)18(23)21-14-10-8-13(19)9-11-14/h3-12H,2H2,1H3,(H,21,23). The minimum Gasteiger partial charge on any atom is -0.322 e. The Balaban J connectivity index is 1.89. The number of rotatable bonds is 4. The highest BCUT2D eigenvalue weighted by molar-refractivity contribution is 9.10. The summed E-state index contributed by atoms with van der Waals surface area (Å²) in [4.78, 5) is 12.5. The molecule has 3 rings (SSSR count). The number of carbonyl (C=O) groups is 1. The van der Waals surface area contributed by atoms with Crippen molar-refractivity contribution in [3.8, 4) is 5.69 Å². The summed E-state index contributed by atoms with van der Waals surface area (Å²) in [6, 6.07) is 17.3. The highest BCUT2D eigenvalue weighted by Gasteiger charge is 2.17. The quantitative estimate of drug-likeness (QED) is 0.738. The number of para-hydroxylation sites is 1. The first-order valence-corrected chi connectivity index (χ1v) is 8.17. The summed E-state index contributed by atoms with van der Waals surface area (Å²) >= 11 is 3.38. The number of nitrogens with zero attached hydrogens (tertiary/aromatic N) is 2. The van der Waals surface area contributed by atoms with E-state index < -0.39 is 0 Å². The molecule has 116 valence electrons. The average molecular weight is 370 g/mol. The lowest BCUT2D eigenvalue weighted by Crippen LogP contribution is -2.14. The third kappa shape index (κ3) is 3.35. The molecule has 0 atom stereocenters. The van der Waals surface area contributed by atoms with E-state index in [1.807, 2.05) is 66.2 Å². The van der Waals surface area contributed by atoms with Crippen molar-refractivity contribution in [1.82, 2.24) is 9.78 Å². The van der Waals surface area contributed by atoms with Crippen LogP contribution in [0.3, 0.4) is 0 Å². The average Bonchev–Trinajstić information content (AvgIpc) is 3.02. The predicted molar refractivity (Wildman–Crippen MR) is 95.0 cm³/mol. The summed E-state index contributed by atoms with van der Waals surface area (Å²) in [5, 5.41) is 7.29. The van der Waals surface area contributed by atoms with E-state index in [0.29, 0.717) is 5.56 Å². The zero-order valence-electron chi connectivity index (χ0n) is 12.7. The van der Waals surface area contributed by atoms with E-state index in [-0.39, 0.29) is 5.91 Å². The van der Waals surface area contributed by atoms with Gasteiger partial charge in [0.15, 0.2) is 0 Å². The van der Waals surface area contributed by atoms with Gasteiger partial charge in [-0.15, -0.1) is 0 Å². The van der Waals surface area contributed by atoms with Gasteiger partial charge < -0.3 is 5.32 Å². The minimum absolute atomic E-state index is 0.147. The van der Waals surface area contributed by atoms with Crippen molar-refractivity contribution in [3.63, 3.8) is 0 Å². The first-order valence-electron chi connectivity index (χ1n) is 7.38. The Kier molecular flexibility index (Phi) is 4.57. The van der Waals surface area contributed by atoms with Gasteiger partial charge in [-0.05, 0) is 42.8 Å². The van der Waals surface area contributed by atoms with Crippen LogP contribution in [0.1, 0.15) is 23.0 Å². The lowest BCUT2D eigenvalue weighted by Gasteiger charge is -2.08. The van der Waals surface area contributed by atoms with Gasteiger partial charge in [-0.2, -0.15) is 5.10 Å². The second-order valence-corrected chi connectivity index (χ2v) is 5.98. The molecule has 0 fully saturated rings. The molecule has 0 radical (unpaired) electrons. The van der Waals surface area contributed by atoms with Crippen LogP contribution in [-0.4, -0.2) is 15.7 Å². The fourth-order valence-electron chi connectivity index (χ4n) is 2.43. The van der Waals surface area contributed by atoms with Gasteiger partial charge in [-0.1, -0.05) is 41.1 Å². The molecule has 2 aromatic carbocycles. The maximum atomic E-state index is 12.5. The Hall–Kier alpha value is -2.40. The number of halogens is 1. The van der Waals surface area contributed by atoms with Crippen LogP contribution in [0.2, 0.25) is 0 Å². The van der Waals surface area contributed by atoms with Crippen LogP contribution in [0.4, 0.5) is 5.69 Å². The Morgan fingerprint density at radius 1 is 1.13 bits per heavy atom. The molecule has 0 aliphatic rings. The van der Waals surface area contributed by atoms with E-state index in [1.165, 1.54) is 0 Å². The molecule has 1 amide bonds. The molecular weight excluding hydrogens is 354 g/mol. The maximum Gasteiger partial charge on any atom is 0.259 e. The van der Waals surface area contributed by atoms with Crippen molar-refractivity contribution in [2.45, 2.75) is 13.3 Å². The van der Waals surface area contributed by atoms with E-state index in [2.05, 4.69) is 26.3 Å². The number of aromatic nitrogens is 2. The number of hydrogen-bond donors (Lipinski definition) is 1. The molecule has 0 unspecified atom stereocenters. The van der Waals surface area contributed by atoms with Gasteiger partial charge in [-0.25, -0.2) is 4.68 Å². The van der Waals surface area contributed by atoms with E-state index >= 15 is 0 Å². The predicted octanol–water partition coefficient (Wildman–Crippen LogP) is 4.45. The summed E-state index contributed by atoms with van der Waals surface area (Å²) in [5.41, 5.74) is 3.20. The smallest absolute Gasteiger partial charge is 0.259 e. The first kappa shape index (κ1) is 15.5. The SMILES string of the molecule is CCc1c(C(=O)Nc2ccc(Br)cc2)cnn1-c1ccccc1. The molecule has 1 heterocycles. The third-order valence-corrected chi connectivity index (χ3v) is 4.08. The van der Waals surface area contributed by atoms with Crippen molar-refractivity contribution >= 4 is 27.5 Å². The summed E-state index contributed by atoms with van der Waals surface area (Å²) < 4.78 is 2.79. The van der Waals surface area contributed by atoms with Crippen LogP contribution < -0.4 is 5.32 Å². The van der Waals surface area contributed by atoms with Crippen LogP contribution in [0.5, 0.6) is 0 Å². The number of carbonyl (C=O) groups excluding carboxylic acids is 1. The van der Waals surface area contributed by atoms with Crippen LogP contribution in [0.25, 0.3) is 5.69 Å². The molecule has 0 spiro atoms. The lowest BCUT2D eigenvalue weighted by molar-refractivity contribution is 0.102. The topological polar surface area (TPSA) is 46.9 Å². The molecule has 1 aromatic heterocycles. The van der Waals surface area contributed by atoms with Crippen molar-refractivity contribution in [2.75, 3.05) is 5.32 Å². The number of anilines is 1. The van der Waals surface area contributed by atoms with Crippen LogP contribution >= 0.6 is 15.9 Å². The number of nitrogens with one attached hydrogen (secondary N) is 1. The van der Waals surface area contributed by atoms with E-state index in [0.717, 1.165) is 28.0 Å². The minimum atomic E-state index is -0.147. The van der Waals surface area contributed by atoms with Crippen LogP contribution in [0.15, 0.2) is 65.3 Å². The first-order chi connectivity index (χ1) is 11.2. The maximum absolute atomic E-state index is 12.5. The van der Waals surface area contributed by atoms with Crippen LogP contribution in [-0.2, 0) is 6.42 Å². The Labute approximate surface area is 143 Å². The molecule has 0 saturated carbocycles. The van der Waals surface area contributed by atoms with Gasteiger partial charge in [0, 0.05) is 10.2 Å². The summed E-state index contributed by atoms with van der Waals surface area (Å²) in [6.07, 6.45) is 2.35.